The van der Waals surface area contributed by atoms with Crippen LogP contribution in [0.15, 0.2) is 42.5 Å². The molecule has 0 atom stereocenters. The molecule has 0 radical (unpaired) electrons. The van der Waals surface area contributed by atoms with Crippen molar-refractivity contribution in [3.8, 4) is 16.9 Å². The van der Waals surface area contributed by atoms with Crippen LogP contribution in [0.1, 0.15) is 16.1 Å². The van der Waals surface area contributed by atoms with Crippen LogP contribution in [0.3, 0.4) is 0 Å². The van der Waals surface area contributed by atoms with Gasteiger partial charge in [0.2, 0.25) is 0 Å². The molecule has 1 aliphatic heterocycles. The van der Waals surface area contributed by atoms with E-state index in [2.05, 4.69) is 33.1 Å². The molecule has 1 saturated heterocycles. The lowest BCUT2D eigenvalue weighted by atomic mass is 10.1. The summed E-state index contributed by atoms with van der Waals surface area (Å²) in [4.78, 5) is 13.0. The maximum Gasteiger partial charge on any atom is 0.286 e. The maximum atomic E-state index is 13.0. The fraction of sp³-hybridized carbons (Fsp3) is 0.238. The molecule has 3 aromatic rings. The van der Waals surface area contributed by atoms with Crippen LogP contribution in [-0.4, -0.2) is 47.0 Å². The first-order valence-electron chi connectivity index (χ1n) is 9.38. The Labute approximate surface area is 210 Å². The van der Waals surface area contributed by atoms with Gasteiger partial charge in [-0.05, 0) is 59.8 Å². The zero-order chi connectivity index (χ0) is 21.3. The molecule has 164 valence electrons. The maximum absolute atomic E-state index is 13.0. The van der Waals surface area contributed by atoms with Gasteiger partial charge in [0.25, 0.3) is 5.91 Å². The van der Waals surface area contributed by atoms with Crippen molar-refractivity contribution in [1.82, 2.24) is 20.2 Å². The molecule has 1 aliphatic rings. The van der Waals surface area contributed by atoms with E-state index in [1.54, 1.807) is 22.9 Å². The van der Waals surface area contributed by atoms with Gasteiger partial charge in [0.05, 0.1) is 29.6 Å². The van der Waals surface area contributed by atoms with E-state index in [0.717, 1.165) is 20.4 Å². The zero-order valence-corrected chi connectivity index (χ0v) is 21.1. The third-order valence-electron chi connectivity index (χ3n) is 4.86. The summed E-state index contributed by atoms with van der Waals surface area (Å²) >= 11 is 14.8. The second-order valence-electron chi connectivity index (χ2n) is 6.88. The van der Waals surface area contributed by atoms with Crippen LogP contribution in [0.5, 0.6) is 0 Å². The van der Waals surface area contributed by atoms with Crippen LogP contribution in [0, 0.1) is 10.5 Å². The van der Waals surface area contributed by atoms with Crippen molar-refractivity contribution in [1.29, 1.82) is 0 Å². The van der Waals surface area contributed by atoms with Crippen LogP contribution >= 0.6 is 58.2 Å². The predicted octanol–water partition coefficient (Wildman–Crippen LogP) is 5.16. The first-order valence-corrected chi connectivity index (χ1v) is 11.2. The molecule has 1 N–H and O–H groups in total. The first kappa shape index (κ1) is 24.3. The van der Waals surface area contributed by atoms with Crippen molar-refractivity contribution in [3.63, 3.8) is 0 Å². The number of hydrogen-bond donors (Lipinski definition) is 1. The summed E-state index contributed by atoms with van der Waals surface area (Å²) in [5.41, 5.74) is 6.46. The number of ether oxygens (including phenoxy) is 1. The minimum absolute atomic E-state index is 0. The van der Waals surface area contributed by atoms with Crippen molar-refractivity contribution in [2.75, 3.05) is 26.3 Å². The number of halogens is 4. The third kappa shape index (κ3) is 5.35. The molecule has 1 fully saturated rings. The van der Waals surface area contributed by atoms with Crippen LogP contribution in [0.25, 0.3) is 16.9 Å². The average Bonchev–Trinajstić information content (AvgIpc) is 3.06. The van der Waals surface area contributed by atoms with E-state index in [4.69, 9.17) is 27.9 Å². The molecule has 1 amide bonds. The molecule has 10 heteroatoms. The topological polar surface area (TPSA) is 59.4 Å². The molecule has 0 bridgehead atoms. The highest BCUT2D eigenvalue weighted by atomic mass is 127. The fourth-order valence-electron chi connectivity index (χ4n) is 3.36. The van der Waals surface area contributed by atoms with Crippen molar-refractivity contribution in [3.05, 3.63) is 67.3 Å². The highest BCUT2D eigenvalue weighted by Crippen LogP contribution is 2.33. The number of amides is 1. The van der Waals surface area contributed by atoms with Gasteiger partial charge < -0.3 is 4.74 Å². The van der Waals surface area contributed by atoms with Crippen LogP contribution in [0.2, 0.25) is 10.0 Å². The molecule has 2 heterocycles. The highest BCUT2D eigenvalue weighted by Gasteiger charge is 2.24. The molecule has 31 heavy (non-hydrogen) atoms. The van der Waals surface area contributed by atoms with Gasteiger partial charge in [-0.3, -0.25) is 10.2 Å². The number of benzene rings is 2. The monoisotopic (exact) mass is 592 g/mol. The van der Waals surface area contributed by atoms with Crippen molar-refractivity contribution < 1.29 is 9.53 Å². The minimum atomic E-state index is -0.259. The normalized spacial score (nSPS) is 14.2. The smallest absolute Gasteiger partial charge is 0.286 e. The van der Waals surface area contributed by atoms with Gasteiger partial charge in [0, 0.05) is 32.8 Å². The summed E-state index contributed by atoms with van der Waals surface area (Å²) in [5.74, 6) is -0.259. The SMILES string of the molecule is Cc1c(C(=O)NN2CCOCC2)nn(-c2ccc(Cl)cc2Cl)c1-c1ccc(I)cc1.Cl. The van der Waals surface area contributed by atoms with Gasteiger partial charge in [-0.1, -0.05) is 35.3 Å². The lowest BCUT2D eigenvalue weighted by molar-refractivity contribution is 0.0124. The molecule has 0 saturated carbocycles. The molecule has 6 nitrogen and oxygen atoms in total. The van der Waals surface area contributed by atoms with Gasteiger partial charge in [-0.2, -0.15) is 5.10 Å². The first-order chi connectivity index (χ1) is 14.4. The predicted molar refractivity (Wildman–Crippen MR) is 134 cm³/mol. The molecule has 0 aliphatic carbocycles. The lowest BCUT2D eigenvalue weighted by Gasteiger charge is -2.26. The number of rotatable bonds is 4. The second-order valence-corrected chi connectivity index (χ2v) is 8.97. The van der Waals surface area contributed by atoms with E-state index < -0.39 is 0 Å². The number of nitrogens with zero attached hydrogens (tertiary/aromatic N) is 3. The van der Waals surface area contributed by atoms with Gasteiger partial charge in [-0.25, -0.2) is 9.69 Å². The Kier molecular flexibility index (Phi) is 8.23. The fourth-order valence-corrected chi connectivity index (χ4v) is 4.21. The Bertz CT molecular complexity index is 1080. The summed E-state index contributed by atoms with van der Waals surface area (Å²) < 4.78 is 8.18. The quantitative estimate of drug-likeness (QED) is 0.425. The van der Waals surface area contributed by atoms with E-state index >= 15 is 0 Å². The number of aromatic nitrogens is 2. The largest absolute Gasteiger partial charge is 0.379 e. The lowest BCUT2D eigenvalue weighted by Crippen LogP contribution is -2.48. The van der Waals surface area contributed by atoms with E-state index in [9.17, 15) is 4.79 Å². The summed E-state index contributed by atoms with van der Waals surface area (Å²) in [5, 5.41) is 7.49. The molecular formula is C21H20Cl3IN4O2. The van der Waals surface area contributed by atoms with Crippen molar-refractivity contribution in [2.45, 2.75) is 6.92 Å². The Morgan fingerprint density at radius 3 is 2.45 bits per heavy atom. The van der Waals surface area contributed by atoms with Gasteiger partial charge in [-0.15, -0.1) is 12.4 Å². The van der Waals surface area contributed by atoms with E-state index in [1.165, 1.54) is 0 Å². The molecule has 0 spiro atoms. The van der Waals surface area contributed by atoms with E-state index in [0.29, 0.717) is 47.7 Å². The Hall–Kier alpha value is -1.36. The standard InChI is InChI=1S/C21H19Cl2IN4O2.ClH/c1-13-19(21(29)26-27-8-10-30-11-9-27)25-28(18-7-4-15(22)12-17(18)23)20(13)14-2-5-16(24)6-3-14;/h2-7,12H,8-11H2,1H3,(H,26,29);1H. The Morgan fingerprint density at radius 2 is 1.81 bits per heavy atom. The van der Waals surface area contributed by atoms with E-state index in [1.807, 2.05) is 36.2 Å². The molecule has 4 rings (SSSR count). The summed E-state index contributed by atoms with van der Waals surface area (Å²) in [6, 6.07) is 13.3. The molecule has 2 aromatic carbocycles. The van der Waals surface area contributed by atoms with Crippen LogP contribution in [-0.2, 0) is 4.74 Å². The van der Waals surface area contributed by atoms with Crippen LogP contribution < -0.4 is 5.43 Å². The summed E-state index contributed by atoms with van der Waals surface area (Å²) in [6.07, 6.45) is 0. The van der Waals surface area contributed by atoms with Crippen molar-refractivity contribution in [2.24, 2.45) is 0 Å². The summed E-state index contributed by atoms with van der Waals surface area (Å²) in [6.45, 7) is 4.34. The number of nitrogens with one attached hydrogen (secondary N) is 1. The molecular weight excluding hydrogens is 574 g/mol. The molecule has 1 aromatic heterocycles. The minimum Gasteiger partial charge on any atom is -0.379 e. The van der Waals surface area contributed by atoms with Crippen LogP contribution in [0.4, 0.5) is 0 Å². The second kappa shape index (κ2) is 10.5. The zero-order valence-electron chi connectivity index (χ0n) is 16.6. The summed E-state index contributed by atoms with van der Waals surface area (Å²) in [7, 11) is 0. The Morgan fingerprint density at radius 1 is 1.13 bits per heavy atom. The van der Waals surface area contributed by atoms with E-state index in [-0.39, 0.29) is 18.3 Å². The number of hydrogen-bond acceptors (Lipinski definition) is 4. The van der Waals surface area contributed by atoms with Crippen molar-refractivity contribution >= 4 is 64.1 Å². The Balaban J connectivity index is 0.00000272. The van der Waals surface area contributed by atoms with Gasteiger partial charge >= 0.3 is 0 Å². The molecule has 0 unspecified atom stereocenters. The van der Waals surface area contributed by atoms with Gasteiger partial charge in [0.15, 0.2) is 5.69 Å². The highest BCUT2D eigenvalue weighted by molar-refractivity contribution is 14.1. The number of hydrazine groups is 1. The number of carbonyl (C=O) groups excluding carboxylic acids is 1. The third-order valence-corrected chi connectivity index (χ3v) is 6.12. The number of morpholine rings is 1. The average molecular weight is 594 g/mol. The number of carbonyl (C=O) groups is 1. The van der Waals surface area contributed by atoms with Gasteiger partial charge in [0.1, 0.15) is 0 Å².